The Labute approximate surface area is 140 Å². The molecule has 1 saturated heterocycles. The molecule has 1 unspecified atom stereocenters. The molecule has 1 aromatic heterocycles. The summed E-state index contributed by atoms with van der Waals surface area (Å²) in [6.45, 7) is 1.81. The van der Waals surface area contributed by atoms with Gasteiger partial charge in [-0.3, -0.25) is 9.36 Å². The highest BCUT2D eigenvalue weighted by Gasteiger charge is 2.21. The first-order chi connectivity index (χ1) is 11.3. The Hall–Kier alpha value is -1.49. The summed E-state index contributed by atoms with van der Waals surface area (Å²) in [4.78, 5) is 23.1. The second-order valence-corrected chi connectivity index (χ2v) is 7.45. The largest absolute Gasteiger partial charge is 0.379 e. The van der Waals surface area contributed by atoms with Crippen LogP contribution in [0.5, 0.6) is 0 Å². The van der Waals surface area contributed by atoms with Gasteiger partial charge >= 0.3 is 5.69 Å². The fraction of sp³-hybridized carbons (Fsp3) is 0.714. The van der Waals surface area contributed by atoms with E-state index in [1.54, 1.807) is 0 Å². The first-order valence-electron chi connectivity index (χ1n) is 7.78. The number of ether oxygens (including phenoxy) is 2. The molecule has 0 aliphatic carbocycles. The minimum absolute atomic E-state index is 0.135. The number of nitrogens with zero attached hydrogens (tertiary/aromatic N) is 2. The third-order valence-electron chi connectivity index (χ3n) is 3.79. The number of aryl methyl sites for hydroxylation is 1. The number of sulfonamides is 1. The summed E-state index contributed by atoms with van der Waals surface area (Å²) in [7, 11) is -1.35. The van der Waals surface area contributed by atoms with Gasteiger partial charge in [-0.15, -0.1) is 0 Å². The molecule has 24 heavy (non-hydrogen) atoms. The van der Waals surface area contributed by atoms with Crippen molar-refractivity contribution in [2.24, 2.45) is 14.1 Å². The fourth-order valence-electron chi connectivity index (χ4n) is 2.41. The summed E-state index contributed by atoms with van der Waals surface area (Å²) in [5.41, 5.74) is -1.43. The molecule has 1 atom stereocenters. The van der Waals surface area contributed by atoms with Crippen molar-refractivity contribution in [3.05, 3.63) is 27.0 Å². The molecule has 1 N–H and O–H groups in total. The number of rotatable bonds is 8. The minimum Gasteiger partial charge on any atom is -0.379 e. The third kappa shape index (κ3) is 4.53. The molecule has 136 valence electrons. The van der Waals surface area contributed by atoms with Crippen molar-refractivity contribution in [1.82, 2.24) is 13.9 Å². The Morgan fingerprint density at radius 1 is 1.38 bits per heavy atom. The van der Waals surface area contributed by atoms with Gasteiger partial charge in [0.2, 0.25) is 10.0 Å². The smallest absolute Gasteiger partial charge is 0.330 e. The average Bonchev–Trinajstić information content (AvgIpc) is 3.05. The Morgan fingerprint density at radius 3 is 2.79 bits per heavy atom. The van der Waals surface area contributed by atoms with E-state index in [1.165, 1.54) is 14.1 Å². The highest BCUT2D eigenvalue weighted by atomic mass is 32.2. The van der Waals surface area contributed by atoms with E-state index in [-0.39, 0.29) is 12.6 Å². The summed E-state index contributed by atoms with van der Waals surface area (Å²) in [6.07, 6.45) is 3.67. The monoisotopic (exact) mass is 361 g/mol. The maximum absolute atomic E-state index is 12.2. The predicted molar refractivity (Wildman–Crippen MR) is 86.5 cm³/mol. The Bertz CT molecular complexity index is 777. The summed E-state index contributed by atoms with van der Waals surface area (Å²) in [5, 5.41) is 0. The van der Waals surface area contributed by atoms with Gasteiger partial charge in [0, 0.05) is 40.1 Å². The van der Waals surface area contributed by atoms with Crippen molar-refractivity contribution in [2.75, 3.05) is 26.4 Å². The summed E-state index contributed by atoms with van der Waals surface area (Å²) >= 11 is 0. The molecule has 10 heteroatoms. The highest BCUT2D eigenvalue weighted by molar-refractivity contribution is 7.89. The van der Waals surface area contributed by atoms with E-state index in [0.717, 1.165) is 34.8 Å². The first-order valence-corrected chi connectivity index (χ1v) is 9.27. The normalized spacial score (nSPS) is 18.2. The van der Waals surface area contributed by atoms with E-state index >= 15 is 0 Å². The van der Waals surface area contributed by atoms with E-state index in [0.29, 0.717) is 19.6 Å². The molecule has 1 fully saturated rings. The van der Waals surface area contributed by atoms with Gasteiger partial charge in [0.25, 0.3) is 5.56 Å². The van der Waals surface area contributed by atoms with Gasteiger partial charge in [-0.25, -0.2) is 17.9 Å². The predicted octanol–water partition coefficient (Wildman–Crippen LogP) is -1.05. The summed E-state index contributed by atoms with van der Waals surface area (Å²) in [6, 6.07) is 0. The van der Waals surface area contributed by atoms with Crippen molar-refractivity contribution in [1.29, 1.82) is 0 Å². The van der Waals surface area contributed by atoms with E-state index in [2.05, 4.69) is 4.72 Å². The van der Waals surface area contributed by atoms with Gasteiger partial charge in [0.15, 0.2) is 4.90 Å². The number of hydrogen-bond acceptors (Lipinski definition) is 6. The van der Waals surface area contributed by atoms with Gasteiger partial charge in [-0.2, -0.15) is 0 Å². The molecule has 0 saturated carbocycles. The van der Waals surface area contributed by atoms with Crippen LogP contribution in [-0.4, -0.2) is 50.0 Å². The van der Waals surface area contributed by atoms with Gasteiger partial charge in [-0.05, 0) is 19.3 Å². The maximum Gasteiger partial charge on any atom is 0.330 e. The van der Waals surface area contributed by atoms with Crippen molar-refractivity contribution < 1.29 is 17.9 Å². The van der Waals surface area contributed by atoms with E-state index in [1.807, 2.05) is 0 Å². The first kappa shape index (κ1) is 18.8. The quantitative estimate of drug-likeness (QED) is 0.592. The molecule has 1 aromatic rings. The van der Waals surface area contributed by atoms with Crippen molar-refractivity contribution in [2.45, 2.75) is 30.3 Å². The van der Waals surface area contributed by atoms with E-state index in [4.69, 9.17) is 9.47 Å². The molecule has 2 heterocycles. The van der Waals surface area contributed by atoms with Gasteiger partial charge in [-0.1, -0.05) is 0 Å². The van der Waals surface area contributed by atoms with Crippen LogP contribution < -0.4 is 16.0 Å². The molecule has 1 aliphatic heterocycles. The maximum atomic E-state index is 12.2. The Balaban J connectivity index is 1.85. The minimum atomic E-state index is -3.98. The van der Waals surface area contributed by atoms with Crippen molar-refractivity contribution in [3.8, 4) is 0 Å². The van der Waals surface area contributed by atoms with Gasteiger partial charge < -0.3 is 14.0 Å². The van der Waals surface area contributed by atoms with Crippen LogP contribution in [-0.2, 0) is 33.6 Å². The fourth-order valence-corrected chi connectivity index (χ4v) is 3.64. The van der Waals surface area contributed by atoms with E-state index < -0.39 is 26.2 Å². The second kappa shape index (κ2) is 8.06. The Kier molecular flexibility index (Phi) is 6.33. The van der Waals surface area contributed by atoms with Crippen molar-refractivity contribution >= 4 is 10.0 Å². The standard InChI is InChI=1S/C14H23N3O6S/c1-16-9-12(13(18)17(2)14(16)19)24(20,21)15-6-4-7-22-10-11-5-3-8-23-11/h9,11,15H,3-8,10H2,1-2H3. The zero-order chi connectivity index (χ0) is 17.7. The van der Waals surface area contributed by atoms with Crippen LogP contribution in [0, 0.1) is 0 Å². The lowest BCUT2D eigenvalue weighted by Crippen LogP contribution is -2.41. The molecular weight excluding hydrogens is 338 g/mol. The van der Waals surface area contributed by atoms with Crippen LogP contribution in [0.1, 0.15) is 19.3 Å². The van der Waals surface area contributed by atoms with Crippen LogP contribution in [0.15, 0.2) is 20.7 Å². The molecule has 0 bridgehead atoms. The van der Waals surface area contributed by atoms with E-state index in [9.17, 15) is 18.0 Å². The molecule has 9 nitrogen and oxygen atoms in total. The number of nitrogens with one attached hydrogen (secondary N) is 1. The SMILES string of the molecule is Cn1cc(S(=O)(=O)NCCCOCC2CCCO2)c(=O)n(C)c1=O. The number of hydrogen-bond donors (Lipinski definition) is 1. The molecule has 0 spiro atoms. The third-order valence-corrected chi connectivity index (χ3v) is 5.23. The lowest BCUT2D eigenvalue weighted by molar-refractivity contribution is 0.0169. The Morgan fingerprint density at radius 2 is 2.12 bits per heavy atom. The van der Waals surface area contributed by atoms with Crippen LogP contribution in [0.4, 0.5) is 0 Å². The summed E-state index contributed by atoms with van der Waals surface area (Å²) < 4.78 is 39.5. The molecule has 1 aliphatic rings. The molecule has 0 amide bonds. The number of aromatic nitrogens is 2. The summed E-state index contributed by atoms with van der Waals surface area (Å²) in [5.74, 6) is 0. The second-order valence-electron chi connectivity index (χ2n) is 5.71. The van der Waals surface area contributed by atoms with Gasteiger partial charge in [0.05, 0.1) is 12.7 Å². The van der Waals surface area contributed by atoms with Crippen LogP contribution >= 0.6 is 0 Å². The van der Waals surface area contributed by atoms with Crippen LogP contribution in [0.3, 0.4) is 0 Å². The topological polar surface area (TPSA) is 109 Å². The zero-order valence-electron chi connectivity index (χ0n) is 13.9. The van der Waals surface area contributed by atoms with Crippen molar-refractivity contribution in [3.63, 3.8) is 0 Å². The lowest BCUT2D eigenvalue weighted by atomic mass is 10.2. The average molecular weight is 361 g/mol. The lowest BCUT2D eigenvalue weighted by Gasteiger charge is -2.11. The molecular formula is C14H23N3O6S. The molecule has 2 rings (SSSR count). The van der Waals surface area contributed by atoms with Crippen LogP contribution in [0.25, 0.3) is 0 Å². The zero-order valence-corrected chi connectivity index (χ0v) is 14.7. The van der Waals surface area contributed by atoms with Crippen LogP contribution in [0.2, 0.25) is 0 Å². The molecule has 0 aromatic carbocycles. The van der Waals surface area contributed by atoms with Gasteiger partial charge in [0.1, 0.15) is 0 Å². The molecule has 0 radical (unpaired) electrons. The highest BCUT2D eigenvalue weighted by Crippen LogP contribution is 2.11.